The Morgan fingerprint density at radius 2 is 1.85 bits per heavy atom. The molecule has 1 amide bonds. The second-order valence-corrected chi connectivity index (χ2v) is 6.63. The normalized spacial score (nSPS) is 10.9. The van der Waals surface area contributed by atoms with Crippen molar-refractivity contribution in [2.45, 2.75) is 20.8 Å². The van der Waals surface area contributed by atoms with Crippen molar-refractivity contribution >= 4 is 22.5 Å². The first-order chi connectivity index (χ1) is 12.4. The van der Waals surface area contributed by atoms with Gasteiger partial charge in [-0.25, -0.2) is 9.37 Å². The number of aromatic nitrogens is 1. The third kappa shape index (κ3) is 3.73. The highest BCUT2D eigenvalue weighted by atomic mass is 19.1. The Bertz CT molecular complexity index is 1030. The fraction of sp³-hybridized carbons (Fsp3) is 0.182. The predicted octanol–water partition coefficient (Wildman–Crippen LogP) is 4.70. The molecule has 0 spiro atoms. The van der Waals surface area contributed by atoms with Crippen molar-refractivity contribution in [3.63, 3.8) is 0 Å². The minimum Gasteiger partial charge on any atom is -0.323 e. The Labute approximate surface area is 152 Å². The molecule has 0 atom stereocenters. The highest BCUT2D eigenvalue weighted by molar-refractivity contribution is 5.99. The van der Waals surface area contributed by atoms with Gasteiger partial charge in [-0.15, -0.1) is 0 Å². The molecule has 0 aliphatic rings. The summed E-state index contributed by atoms with van der Waals surface area (Å²) >= 11 is 0. The van der Waals surface area contributed by atoms with E-state index in [0.717, 1.165) is 5.56 Å². The maximum absolute atomic E-state index is 13.8. The lowest BCUT2D eigenvalue weighted by molar-refractivity contribution is -0.121. The molecule has 0 aliphatic carbocycles. The molecule has 1 heterocycles. The summed E-state index contributed by atoms with van der Waals surface area (Å²) in [4.78, 5) is 17.0. The quantitative estimate of drug-likeness (QED) is 0.684. The topological polar surface area (TPSA) is 42.0 Å². The highest BCUT2D eigenvalue weighted by Gasteiger charge is 2.26. The Morgan fingerprint density at radius 1 is 1.12 bits per heavy atom. The minimum absolute atomic E-state index is 0.235. The van der Waals surface area contributed by atoms with E-state index in [4.69, 9.17) is 0 Å². The average molecular weight is 346 g/mol. The van der Waals surface area contributed by atoms with E-state index in [9.17, 15) is 9.18 Å². The lowest BCUT2D eigenvalue weighted by atomic mass is 9.92. The molecular weight excluding hydrogens is 327 g/mol. The van der Waals surface area contributed by atoms with Gasteiger partial charge in [-0.3, -0.25) is 4.79 Å². The van der Waals surface area contributed by atoms with Crippen LogP contribution in [-0.4, -0.2) is 10.9 Å². The summed E-state index contributed by atoms with van der Waals surface area (Å²) in [6.07, 6.45) is 0. The largest absolute Gasteiger partial charge is 0.323 e. The van der Waals surface area contributed by atoms with E-state index < -0.39 is 5.41 Å². The van der Waals surface area contributed by atoms with E-state index >= 15 is 0 Å². The van der Waals surface area contributed by atoms with Gasteiger partial charge in [0, 0.05) is 10.9 Å². The van der Waals surface area contributed by atoms with Crippen molar-refractivity contribution in [3.05, 3.63) is 71.7 Å². The molecule has 0 fully saturated rings. The summed E-state index contributed by atoms with van der Waals surface area (Å²) in [6, 6.07) is 16.0. The molecule has 3 aromatic rings. The monoisotopic (exact) mass is 346 g/mol. The Balaban J connectivity index is 1.86. The molecule has 0 bridgehead atoms. The van der Waals surface area contributed by atoms with Crippen molar-refractivity contribution in [1.29, 1.82) is 0 Å². The van der Waals surface area contributed by atoms with Gasteiger partial charge in [-0.1, -0.05) is 42.2 Å². The van der Waals surface area contributed by atoms with Crippen molar-refractivity contribution in [3.8, 4) is 11.8 Å². The summed E-state index contributed by atoms with van der Waals surface area (Å²) < 4.78 is 13.8. The van der Waals surface area contributed by atoms with Crippen LogP contribution in [0.5, 0.6) is 0 Å². The van der Waals surface area contributed by atoms with Crippen LogP contribution in [0.15, 0.2) is 54.6 Å². The van der Waals surface area contributed by atoms with Gasteiger partial charge in [0.2, 0.25) is 5.91 Å². The summed E-state index contributed by atoms with van der Waals surface area (Å²) in [5, 5.41) is 3.51. The maximum Gasteiger partial charge on any atom is 0.242 e. The molecule has 2 aromatic carbocycles. The van der Waals surface area contributed by atoms with Crippen LogP contribution in [-0.2, 0) is 4.79 Å². The van der Waals surface area contributed by atoms with Crippen molar-refractivity contribution in [2.75, 3.05) is 5.32 Å². The van der Waals surface area contributed by atoms with Crippen LogP contribution in [0.3, 0.4) is 0 Å². The number of anilines is 1. The molecule has 4 heteroatoms. The van der Waals surface area contributed by atoms with Gasteiger partial charge in [0.05, 0.1) is 11.4 Å². The van der Waals surface area contributed by atoms with E-state index in [2.05, 4.69) is 22.1 Å². The molecule has 0 saturated heterocycles. The number of carbonyl (C=O) groups excluding carboxylic acids is 1. The van der Waals surface area contributed by atoms with E-state index in [1.54, 1.807) is 39.0 Å². The molecule has 3 nitrogen and oxygen atoms in total. The number of aryl methyl sites for hydroxylation is 1. The lowest BCUT2D eigenvalue weighted by Gasteiger charge is -2.18. The summed E-state index contributed by atoms with van der Waals surface area (Å²) in [5.74, 6) is 5.43. The molecule has 26 heavy (non-hydrogen) atoms. The number of rotatable bonds is 2. The summed E-state index contributed by atoms with van der Waals surface area (Å²) in [6.45, 7) is 5.27. The minimum atomic E-state index is -0.890. The molecule has 0 aliphatic heterocycles. The molecular formula is C22H19FN2O. The second kappa shape index (κ2) is 6.97. The Kier molecular flexibility index (Phi) is 4.73. The molecule has 0 saturated carbocycles. The van der Waals surface area contributed by atoms with Crippen LogP contribution in [0.2, 0.25) is 0 Å². The van der Waals surface area contributed by atoms with Gasteiger partial charge in [0.25, 0.3) is 0 Å². The van der Waals surface area contributed by atoms with Gasteiger partial charge < -0.3 is 5.32 Å². The molecule has 0 radical (unpaired) electrons. The Morgan fingerprint density at radius 3 is 2.58 bits per heavy atom. The first-order valence-electron chi connectivity index (χ1n) is 8.32. The van der Waals surface area contributed by atoms with Crippen LogP contribution in [0.1, 0.15) is 25.1 Å². The molecule has 1 aromatic heterocycles. The van der Waals surface area contributed by atoms with Gasteiger partial charge in [0.1, 0.15) is 16.7 Å². The number of nitrogens with zero attached hydrogens (tertiary/aromatic N) is 1. The predicted molar refractivity (Wildman–Crippen MR) is 102 cm³/mol. The number of amides is 1. The van der Waals surface area contributed by atoms with Crippen molar-refractivity contribution in [2.24, 2.45) is 5.41 Å². The zero-order chi connectivity index (χ0) is 18.7. The Hall–Kier alpha value is -3.19. The van der Waals surface area contributed by atoms with E-state index in [1.807, 2.05) is 30.3 Å². The van der Waals surface area contributed by atoms with Gasteiger partial charge >= 0.3 is 0 Å². The maximum atomic E-state index is 13.8. The number of para-hydroxylation sites is 1. The fourth-order valence-corrected chi connectivity index (χ4v) is 2.47. The molecule has 0 unspecified atom stereocenters. The molecule has 1 N–H and O–H groups in total. The number of fused-ring (bicyclic) bond motifs is 1. The van der Waals surface area contributed by atoms with Crippen molar-refractivity contribution in [1.82, 2.24) is 4.98 Å². The number of halogens is 1. The summed E-state index contributed by atoms with van der Waals surface area (Å²) in [5.41, 5.74) is 1.38. The highest BCUT2D eigenvalue weighted by Crippen LogP contribution is 2.24. The average Bonchev–Trinajstić information content (AvgIpc) is 2.62. The van der Waals surface area contributed by atoms with Crippen LogP contribution in [0.25, 0.3) is 10.9 Å². The van der Waals surface area contributed by atoms with E-state index in [1.165, 1.54) is 6.07 Å². The standard InChI is InChI=1S/C22H19FN2O/c1-15-19(14-17-10-7-11-18(23)20(17)24-15)25-21(26)22(2,3)13-12-16-8-5-4-6-9-16/h4-11,14H,1-3H3,(H,25,26). The molecule has 130 valence electrons. The van der Waals surface area contributed by atoms with Crippen LogP contribution < -0.4 is 5.32 Å². The zero-order valence-electron chi connectivity index (χ0n) is 14.9. The van der Waals surface area contributed by atoms with E-state index in [-0.39, 0.29) is 11.7 Å². The third-order valence-corrected chi connectivity index (χ3v) is 4.10. The molecule has 3 rings (SSSR count). The van der Waals surface area contributed by atoms with Gasteiger partial charge in [-0.05, 0) is 45.0 Å². The first-order valence-corrected chi connectivity index (χ1v) is 8.32. The van der Waals surface area contributed by atoms with Crippen LogP contribution in [0, 0.1) is 30.0 Å². The van der Waals surface area contributed by atoms with Crippen LogP contribution in [0.4, 0.5) is 10.1 Å². The van der Waals surface area contributed by atoms with Gasteiger partial charge in [0.15, 0.2) is 0 Å². The SMILES string of the molecule is Cc1nc2c(F)cccc2cc1NC(=O)C(C)(C)C#Cc1ccccc1. The number of benzene rings is 2. The summed E-state index contributed by atoms with van der Waals surface area (Å²) in [7, 11) is 0. The van der Waals surface area contributed by atoms with Crippen molar-refractivity contribution < 1.29 is 9.18 Å². The third-order valence-electron chi connectivity index (χ3n) is 4.10. The van der Waals surface area contributed by atoms with Crippen LogP contribution >= 0.6 is 0 Å². The number of hydrogen-bond acceptors (Lipinski definition) is 2. The zero-order valence-corrected chi connectivity index (χ0v) is 14.9. The van der Waals surface area contributed by atoms with E-state index in [0.29, 0.717) is 22.3 Å². The first kappa shape index (κ1) is 17.6. The lowest BCUT2D eigenvalue weighted by Crippen LogP contribution is -2.29. The van der Waals surface area contributed by atoms with Gasteiger partial charge in [-0.2, -0.15) is 0 Å². The number of pyridine rings is 1. The number of hydrogen-bond donors (Lipinski definition) is 1. The number of nitrogens with one attached hydrogen (secondary N) is 1. The smallest absolute Gasteiger partial charge is 0.242 e. The number of carbonyl (C=O) groups is 1. The second-order valence-electron chi connectivity index (χ2n) is 6.63. The fourth-order valence-electron chi connectivity index (χ4n) is 2.47.